The lowest BCUT2D eigenvalue weighted by atomic mass is 10.0. The molecule has 1 aliphatic carbocycles. The number of amides is 1. The zero-order chi connectivity index (χ0) is 21.0. The van der Waals surface area contributed by atoms with Gasteiger partial charge >= 0.3 is 0 Å². The standard InChI is InChI=1S/C26H31N3O2/c30-26(23-11-6-10-22-21-9-2-1-3-12-24(21)28-25(22)23)27-17-19-7-4-5-8-20(19)18-29-13-15-31-16-14-29/h4-8,10-11,28H,1-3,9,12-18H2,(H,27,30). The van der Waals surface area contributed by atoms with Gasteiger partial charge in [0.25, 0.3) is 5.91 Å². The first-order chi connectivity index (χ1) is 15.3. The Kier molecular flexibility index (Phi) is 6.05. The average Bonchev–Trinajstić information content (AvgIpc) is 3.00. The number of carbonyl (C=O) groups is 1. The van der Waals surface area contributed by atoms with Gasteiger partial charge in [0.2, 0.25) is 0 Å². The number of H-pyrrole nitrogens is 1. The molecule has 0 unspecified atom stereocenters. The Labute approximate surface area is 183 Å². The number of carbonyl (C=O) groups excluding carboxylic acids is 1. The summed E-state index contributed by atoms with van der Waals surface area (Å²) in [6.07, 6.45) is 5.93. The number of aromatic amines is 1. The number of nitrogens with one attached hydrogen (secondary N) is 2. The Morgan fingerprint density at radius 3 is 2.65 bits per heavy atom. The maximum atomic E-state index is 13.2. The monoisotopic (exact) mass is 417 g/mol. The van der Waals surface area contributed by atoms with Crippen LogP contribution in [-0.2, 0) is 30.7 Å². The van der Waals surface area contributed by atoms with Crippen molar-refractivity contribution in [1.29, 1.82) is 0 Å². The normalized spacial score (nSPS) is 17.3. The summed E-state index contributed by atoms with van der Waals surface area (Å²) in [7, 11) is 0. The lowest BCUT2D eigenvalue weighted by Crippen LogP contribution is -2.36. The van der Waals surface area contributed by atoms with Gasteiger partial charge in [-0.05, 0) is 48.4 Å². The molecular formula is C26H31N3O2. The molecule has 1 fully saturated rings. The number of rotatable bonds is 5. The number of nitrogens with zero attached hydrogens (tertiary/aromatic N) is 1. The Hall–Kier alpha value is -2.63. The van der Waals surface area contributed by atoms with Crippen molar-refractivity contribution in [3.8, 4) is 0 Å². The van der Waals surface area contributed by atoms with Crippen molar-refractivity contribution in [2.75, 3.05) is 26.3 Å². The topological polar surface area (TPSA) is 57.4 Å². The minimum Gasteiger partial charge on any atom is -0.379 e. The summed E-state index contributed by atoms with van der Waals surface area (Å²) >= 11 is 0. The van der Waals surface area contributed by atoms with E-state index in [-0.39, 0.29) is 5.91 Å². The molecule has 5 heteroatoms. The maximum Gasteiger partial charge on any atom is 0.253 e. The average molecular weight is 418 g/mol. The Morgan fingerprint density at radius 1 is 0.968 bits per heavy atom. The van der Waals surface area contributed by atoms with E-state index in [9.17, 15) is 4.79 Å². The summed E-state index contributed by atoms with van der Waals surface area (Å²) in [4.78, 5) is 19.2. The third-order valence-corrected chi connectivity index (χ3v) is 6.68. The van der Waals surface area contributed by atoms with Crippen molar-refractivity contribution in [1.82, 2.24) is 15.2 Å². The van der Waals surface area contributed by atoms with Gasteiger partial charge in [-0.25, -0.2) is 0 Å². The van der Waals surface area contributed by atoms with E-state index in [0.29, 0.717) is 6.54 Å². The first-order valence-electron chi connectivity index (χ1n) is 11.6. The van der Waals surface area contributed by atoms with E-state index < -0.39 is 0 Å². The van der Waals surface area contributed by atoms with E-state index in [1.807, 2.05) is 18.2 Å². The minimum atomic E-state index is -0.0109. The first kappa shape index (κ1) is 20.3. The number of aryl methyl sites for hydroxylation is 2. The lowest BCUT2D eigenvalue weighted by Gasteiger charge is -2.27. The van der Waals surface area contributed by atoms with Gasteiger partial charge in [0, 0.05) is 37.3 Å². The van der Waals surface area contributed by atoms with Crippen LogP contribution in [0.15, 0.2) is 42.5 Å². The number of fused-ring (bicyclic) bond motifs is 3. The predicted octanol–water partition coefficient (Wildman–Crippen LogP) is 4.20. The molecule has 2 heterocycles. The zero-order valence-electron chi connectivity index (χ0n) is 18.1. The van der Waals surface area contributed by atoms with Crippen molar-refractivity contribution in [2.24, 2.45) is 0 Å². The fourth-order valence-corrected chi connectivity index (χ4v) is 4.95. The third kappa shape index (κ3) is 4.39. The van der Waals surface area contributed by atoms with Crippen LogP contribution in [0.4, 0.5) is 0 Å². The molecule has 5 rings (SSSR count). The van der Waals surface area contributed by atoms with Crippen LogP contribution in [0.3, 0.4) is 0 Å². The molecule has 0 atom stereocenters. The van der Waals surface area contributed by atoms with Gasteiger partial charge in [-0.3, -0.25) is 9.69 Å². The number of ether oxygens (including phenoxy) is 1. The Balaban J connectivity index is 1.33. The third-order valence-electron chi connectivity index (χ3n) is 6.68. The number of para-hydroxylation sites is 1. The lowest BCUT2D eigenvalue weighted by molar-refractivity contribution is 0.0340. The minimum absolute atomic E-state index is 0.0109. The van der Waals surface area contributed by atoms with Crippen LogP contribution in [0.25, 0.3) is 10.9 Å². The zero-order valence-corrected chi connectivity index (χ0v) is 18.1. The number of morpholine rings is 1. The number of aromatic nitrogens is 1. The number of hydrogen-bond acceptors (Lipinski definition) is 3. The summed E-state index contributed by atoms with van der Waals surface area (Å²) in [6, 6.07) is 14.5. The highest BCUT2D eigenvalue weighted by Crippen LogP contribution is 2.30. The van der Waals surface area contributed by atoms with Crippen LogP contribution in [0.5, 0.6) is 0 Å². The highest BCUT2D eigenvalue weighted by atomic mass is 16.5. The predicted molar refractivity (Wildman–Crippen MR) is 123 cm³/mol. The summed E-state index contributed by atoms with van der Waals surface area (Å²) < 4.78 is 5.47. The van der Waals surface area contributed by atoms with Crippen LogP contribution in [-0.4, -0.2) is 42.1 Å². The van der Waals surface area contributed by atoms with Crippen LogP contribution in [0.2, 0.25) is 0 Å². The molecular weight excluding hydrogens is 386 g/mol. The fourth-order valence-electron chi connectivity index (χ4n) is 4.95. The van der Waals surface area contributed by atoms with Crippen LogP contribution < -0.4 is 5.32 Å². The number of benzene rings is 2. The van der Waals surface area contributed by atoms with Gasteiger partial charge in [0.05, 0.1) is 24.3 Å². The van der Waals surface area contributed by atoms with Gasteiger partial charge in [-0.1, -0.05) is 42.8 Å². The molecule has 2 aliphatic rings. The van der Waals surface area contributed by atoms with Crippen molar-refractivity contribution in [3.05, 3.63) is 70.4 Å². The van der Waals surface area contributed by atoms with Gasteiger partial charge in [0.1, 0.15) is 0 Å². The van der Waals surface area contributed by atoms with E-state index >= 15 is 0 Å². The maximum absolute atomic E-state index is 13.2. The van der Waals surface area contributed by atoms with Gasteiger partial charge in [0.15, 0.2) is 0 Å². The van der Waals surface area contributed by atoms with Crippen molar-refractivity contribution < 1.29 is 9.53 Å². The van der Waals surface area contributed by atoms with Crippen molar-refractivity contribution >= 4 is 16.8 Å². The molecule has 0 saturated carbocycles. The molecule has 1 aliphatic heterocycles. The summed E-state index contributed by atoms with van der Waals surface area (Å²) in [5.41, 5.74) is 6.93. The van der Waals surface area contributed by atoms with Gasteiger partial charge in [-0.15, -0.1) is 0 Å². The molecule has 0 radical (unpaired) electrons. The van der Waals surface area contributed by atoms with E-state index in [1.54, 1.807) is 0 Å². The molecule has 31 heavy (non-hydrogen) atoms. The molecule has 1 saturated heterocycles. The first-order valence-corrected chi connectivity index (χ1v) is 11.6. The van der Waals surface area contributed by atoms with Gasteiger partial charge in [-0.2, -0.15) is 0 Å². The summed E-state index contributed by atoms with van der Waals surface area (Å²) in [6.45, 7) is 4.94. The molecule has 1 aromatic heterocycles. The van der Waals surface area contributed by atoms with E-state index in [1.165, 1.54) is 47.0 Å². The second-order valence-corrected chi connectivity index (χ2v) is 8.71. The molecule has 2 N–H and O–H groups in total. The molecule has 162 valence electrons. The molecule has 0 bridgehead atoms. The molecule has 5 nitrogen and oxygen atoms in total. The quantitative estimate of drug-likeness (QED) is 0.612. The van der Waals surface area contributed by atoms with Crippen molar-refractivity contribution in [3.63, 3.8) is 0 Å². The second-order valence-electron chi connectivity index (χ2n) is 8.71. The molecule has 2 aromatic carbocycles. The van der Waals surface area contributed by atoms with E-state index in [2.05, 4.69) is 39.5 Å². The van der Waals surface area contributed by atoms with Crippen LogP contribution in [0.1, 0.15) is 52.0 Å². The highest BCUT2D eigenvalue weighted by molar-refractivity contribution is 6.06. The SMILES string of the molecule is O=C(NCc1ccccc1CN1CCOCC1)c1cccc2c3c([nH]c12)CCCCC3. The molecule has 0 spiro atoms. The summed E-state index contributed by atoms with van der Waals surface area (Å²) in [5, 5.41) is 4.40. The molecule has 1 amide bonds. The van der Waals surface area contributed by atoms with Gasteiger partial charge < -0.3 is 15.0 Å². The fraction of sp³-hybridized carbons (Fsp3) is 0.423. The highest BCUT2D eigenvalue weighted by Gasteiger charge is 2.19. The summed E-state index contributed by atoms with van der Waals surface area (Å²) in [5.74, 6) is -0.0109. The van der Waals surface area contributed by atoms with Crippen LogP contribution in [0, 0.1) is 0 Å². The second kappa shape index (κ2) is 9.25. The van der Waals surface area contributed by atoms with E-state index in [0.717, 1.165) is 56.8 Å². The Morgan fingerprint density at radius 2 is 1.77 bits per heavy atom. The number of hydrogen-bond donors (Lipinski definition) is 2. The smallest absolute Gasteiger partial charge is 0.253 e. The molecule has 3 aromatic rings. The van der Waals surface area contributed by atoms with Crippen LogP contribution >= 0.6 is 0 Å². The van der Waals surface area contributed by atoms with Crippen molar-refractivity contribution in [2.45, 2.75) is 45.2 Å². The van der Waals surface area contributed by atoms with E-state index in [4.69, 9.17) is 4.74 Å². The Bertz CT molecular complexity index is 1070. The largest absolute Gasteiger partial charge is 0.379 e.